The number of piperazine rings is 1. The molecule has 0 radical (unpaired) electrons. The van der Waals surface area contributed by atoms with Gasteiger partial charge >= 0.3 is 0 Å². The van der Waals surface area contributed by atoms with Gasteiger partial charge in [0, 0.05) is 61.5 Å². The van der Waals surface area contributed by atoms with Crippen molar-refractivity contribution in [1.82, 2.24) is 19.9 Å². The molecule has 1 aliphatic heterocycles. The number of rotatable bonds is 5. The van der Waals surface area contributed by atoms with Crippen molar-refractivity contribution in [2.45, 2.75) is 10.9 Å². The molecule has 1 aliphatic rings. The molecule has 1 amide bonds. The normalized spacial score (nSPS) is 13.8. The number of carbonyl (C=O) groups is 1. The van der Waals surface area contributed by atoms with Crippen LogP contribution in [0.1, 0.15) is 21.7 Å². The van der Waals surface area contributed by atoms with Crippen LogP contribution in [0, 0.1) is 11.3 Å². The topological polar surface area (TPSA) is 99.2 Å². The summed E-state index contributed by atoms with van der Waals surface area (Å²) in [5.74, 6) is 1.43. The first-order valence-corrected chi connectivity index (χ1v) is 11.5. The van der Waals surface area contributed by atoms with Gasteiger partial charge in [-0.25, -0.2) is 15.0 Å². The Hall–Kier alpha value is -3.90. The molecule has 1 aromatic carbocycles. The molecule has 0 aliphatic carbocycles. The number of benzene rings is 1. The summed E-state index contributed by atoms with van der Waals surface area (Å²) < 4.78 is 6.04. The van der Waals surface area contributed by atoms with Crippen LogP contribution in [-0.2, 0) is 5.75 Å². The maximum Gasteiger partial charge on any atom is 0.290 e. The van der Waals surface area contributed by atoms with Crippen molar-refractivity contribution in [1.29, 1.82) is 5.26 Å². The van der Waals surface area contributed by atoms with Gasteiger partial charge in [0.25, 0.3) is 5.91 Å². The summed E-state index contributed by atoms with van der Waals surface area (Å²) in [6.07, 6.45) is 5.09. The van der Waals surface area contributed by atoms with Crippen LogP contribution >= 0.6 is 11.8 Å². The first-order chi connectivity index (χ1) is 16.2. The largest absolute Gasteiger partial charge is 0.451 e. The number of hydrogen-bond acceptors (Lipinski definition) is 8. The molecule has 4 aromatic rings. The minimum atomic E-state index is -0.128. The fourth-order valence-electron chi connectivity index (χ4n) is 3.91. The maximum absolute atomic E-state index is 13.5. The van der Waals surface area contributed by atoms with Crippen LogP contribution in [0.2, 0.25) is 0 Å². The molecule has 33 heavy (non-hydrogen) atoms. The van der Waals surface area contributed by atoms with Gasteiger partial charge in [-0.1, -0.05) is 30.0 Å². The Bertz CT molecular complexity index is 1330. The van der Waals surface area contributed by atoms with Gasteiger partial charge in [-0.15, -0.1) is 0 Å². The Morgan fingerprint density at radius 1 is 1.00 bits per heavy atom. The third-order valence-electron chi connectivity index (χ3n) is 5.55. The van der Waals surface area contributed by atoms with Crippen molar-refractivity contribution >= 4 is 34.5 Å². The van der Waals surface area contributed by atoms with E-state index in [-0.39, 0.29) is 5.91 Å². The number of pyridine rings is 1. The molecule has 1 saturated heterocycles. The molecule has 1 fully saturated rings. The molecule has 5 rings (SSSR count). The Morgan fingerprint density at radius 2 is 1.76 bits per heavy atom. The van der Waals surface area contributed by atoms with Crippen molar-refractivity contribution in [2.75, 3.05) is 31.1 Å². The Morgan fingerprint density at radius 3 is 2.55 bits per heavy atom. The second-order valence-electron chi connectivity index (χ2n) is 7.49. The minimum absolute atomic E-state index is 0.128. The van der Waals surface area contributed by atoms with Crippen molar-refractivity contribution in [2.24, 2.45) is 0 Å². The average molecular weight is 457 g/mol. The van der Waals surface area contributed by atoms with E-state index in [1.807, 2.05) is 29.2 Å². The molecule has 3 aromatic heterocycles. The number of para-hydroxylation sites is 1. The summed E-state index contributed by atoms with van der Waals surface area (Å²) in [5.41, 5.74) is 2.08. The highest BCUT2D eigenvalue weighted by atomic mass is 32.2. The lowest BCUT2D eigenvalue weighted by Crippen LogP contribution is -2.49. The highest BCUT2D eigenvalue weighted by molar-refractivity contribution is 7.98. The van der Waals surface area contributed by atoms with Crippen molar-refractivity contribution in [3.05, 3.63) is 77.9 Å². The number of carbonyl (C=O) groups excluding carboxylic acids is 1. The number of thioether (sulfide) groups is 1. The second-order valence-corrected chi connectivity index (χ2v) is 8.43. The number of hydrogen-bond donors (Lipinski definition) is 0. The van der Waals surface area contributed by atoms with E-state index in [9.17, 15) is 10.1 Å². The predicted molar refractivity (Wildman–Crippen MR) is 125 cm³/mol. The molecule has 0 bridgehead atoms. The van der Waals surface area contributed by atoms with Gasteiger partial charge in [0.1, 0.15) is 17.5 Å². The number of nitriles is 1. The van der Waals surface area contributed by atoms with Crippen molar-refractivity contribution < 1.29 is 9.21 Å². The van der Waals surface area contributed by atoms with Crippen molar-refractivity contribution in [3.63, 3.8) is 0 Å². The molecular formula is C24H20N6O2S. The number of furan rings is 1. The van der Waals surface area contributed by atoms with E-state index in [2.05, 4.69) is 21.0 Å². The third-order valence-corrected chi connectivity index (χ3v) is 6.46. The number of nitrogens with zero attached hydrogens (tertiary/aromatic N) is 6. The summed E-state index contributed by atoms with van der Waals surface area (Å²) in [6, 6.07) is 15.2. The zero-order valence-corrected chi connectivity index (χ0v) is 18.5. The Kier molecular flexibility index (Phi) is 5.91. The zero-order chi connectivity index (χ0) is 22.6. The molecule has 0 atom stereocenters. The summed E-state index contributed by atoms with van der Waals surface area (Å²) in [5, 5.41) is 10.9. The fraction of sp³-hybridized carbons (Fsp3) is 0.208. The predicted octanol–water partition coefficient (Wildman–Crippen LogP) is 3.74. The molecule has 8 nitrogen and oxygen atoms in total. The third kappa shape index (κ3) is 4.25. The molecular weight excluding hydrogens is 436 g/mol. The zero-order valence-electron chi connectivity index (χ0n) is 17.7. The lowest BCUT2D eigenvalue weighted by atomic mass is 10.1. The van der Waals surface area contributed by atoms with Gasteiger partial charge in [0.05, 0.1) is 5.56 Å². The lowest BCUT2D eigenvalue weighted by Gasteiger charge is -2.35. The summed E-state index contributed by atoms with van der Waals surface area (Å²) >= 11 is 1.47. The molecule has 9 heteroatoms. The summed E-state index contributed by atoms with van der Waals surface area (Å²) in [7, 11) is 0. The van der Waals surface area contributed by atoms with Crippen LogP contribution in [0.5, 0.6) is 0 Å². The Labute approximate surface area is 194 Å². The highest BCUT2D eigenvalue weighted by Crippen LogP contribution is 2.32. The van der Waals surface area contributed by atoms with E-state index >= 15 is 0 Å². The van der Waals surface area contributed by atoms with Gasteiger partial charge in [-0.2, -0.15) is 5.26 Å². The quantitative estimate of drug-likeness (QED) is 0.331. The van der Waals surface area contributed by atoms with Crippen LogP contribution in [-0.4, -0.2) is 51.9 Å². The van der Waals surface area contributed by atoms with Crippen molar-refractivity contribution in [3.8, 4) is 6.07 Å². The highest BCUT2D eigenvalue weighted by Gasteiger charge is 2.29. The van der Waals surface area contributed by atoms with Gasteiger partial charge in [0.2, 0.25) is 0 Å². The van der Waals surface area contributed by atoms with E-state index in [0.717, 1.165) is 10.9 Å². The lowest BCUT2D eigenvalue weighted by molar-refractivity contribution is 0.0715. The van der Waals surface area contributed by atoms with Crippen LogP contribution in [0.15, 0.2) is 70.6 Å². The fourth-order valence-corrected chi connectivity index (χ4v) is 4.74. The summed E-state index contributed by atoms with van der Waals surface area (Å²) in [4.78, 5) is 30.2. The first kappa shape index (κ1) is 21.0. The Balaban J connectivity index is 1.36. The van der Waals surface area contributed by atoms with Gasteiger partial charge in [0.15, 0.2) is 10.9 Å². The maximum atomic E-state index is 13.5. The smallest absolute Gasteiger partial charge is 0.290 e. The molecule has 0 N–H and O–H groups in total. The summed E-state index contributed by atoms with van der Waals surface area (Å²) in [6.45, 7) is 2.23. The molecule has 0 saturated carbocycles. The van der Waals surface area contributed by atoms with Crippen LogP contribution in [0.3, 0.4) is 0 Å². The van der Waals surface area contributed by atoms with Crippen LogP contribution in [0.4, 0.5) is 5.82 Å². The van der Waals surface area contributed by atoms with Crippen LogP contribution in [0.25, 0.3) is 11.0 Å². The van der Waals surface area contributed by atoms with Gasteiger partial charge in [-0.05, 0) is 24.3 Å². The minimum Gasteiger partial charge on any atom is -0.451 e. The molecule has 0 spiro atoms. The number of anilines is 1. The monoisotopic (exact) mass is 456 g/mol. The van der Waals surface area contributed by atoms with E-state index in [1.54, 1.807) is 41.7 Å². The molecule has 0 unspecified atom stereocenters. The van der Waals surface area contributed by atoms with Gasteiger partial charge < -0.3 is 14.2 Å². The number of fused-ring (bicyclic) bond motifs is 1. The van der Waals surface area contributed by atoms with Crippen LogP contribution < -0.4 is 4.90 Å². The second kappa shape index (κ2) is 9.30. The molecule has 4 heterocycles. The standard InChI is InChI=1S/C24H20N6O2S/c25-15-17-5-3-8-26-22(17)29-11-13-30(14-12-29)23(31)21-19(16-33-24-27-9-4-10-28-24)18-6-1-2-7-20(18)32-21/h1-10H,11-14,16H2. The SMILES string of the molecule is N#Cc1cccnc1N1CCN(C(=O)c2oc3ccccc3c2CSc2ncccn2)CC1. The van der Waals surface area contributed by atoms with E-state index in [0.29, 0.717) is 59.8 Å². The molecule has 164 valence electrons. The van der Waals surface area contributed by atoms with E-state index in [1.165, 1.54) is 11.8 Å². The van der Waals surface area contributed by atoms with E-state index < -0.39 is 0 Å². The first-order valence-electron chi connectivity index (χ1n) is 10.5. The van der Waals surface area contributed by atoms with Gasteiger partial charge in [-0.3, -0.25) is 4.79 Å². The number of amides is 1. The average Bonchev–Trinajstić information content (AvgIpc) is 3.26. The van der Waals surface area contributed by atoms with E-state index in [4.69, 9.17) is 4.42 Å². The number of aromatic nitrogens is 3.